The minimum absolute atomic E-state index is 0. The lowest BCUT2D eigenvalue weighted by Crippen LogP contribution is -2.42. The summed E-state index contributed by atoms with van der Waals surface area (Å²) in [4.78, 5) is 4.12. The highest BCUT2D eigenvalue weighted by Gasteiger charge is 1.99. The van der Waals surface area contributed by atoms with Crippen molar-refractivity contribution < 1.29 is 4.74 Å². The average Bonchev–Trinajstić information content (AvgIpc) is 2.32. The highest BCUT2D eigenvalue weighted by molar-refractivity contribution is 14.0. The van der Waals surface area contributed by atoms with Crippen LogP contribution in [0.5, 0.6) is 5.75 Å². The molecule has 0 saturated heterocycles. The SMILES string of the molecule is CN=C(NCCOc1cccc(Br)c1)NC(C)C.I. The second-order valence-electron chi connectivity index (χ2n) is 4.10. The molecule has 2 N–H and O–H groups in total. The molecule has 1 aromatic rings. The van der Waals surface area contributed by atoms with E-state index in [0.29, 0.717) is 19.2 Å². The van der Waals surface area contributed by atoms with Crippen molar-refractivity contribution in [3.8, 4) is 5.75 Å². The van der Waals surface area contributed by atoms with Crippen LogP contribution < -0.4 is 15.4 Å². The molecule has 0 aliphatic heterocycles. The monoisotopic (exact) mass is 441 g/mol. The number of benzene rings is 1. The van der Waals surface area contributed by atoms with Crippen molar-refractivity contribution in [2.75, 3.05) is 20.2 Å². The van der Waals surface area contributed by atoms with Gasteiger partial charge < -0.3 is 15.4 Å². The van der Waals surface area contributed by atoms with Crippen molar-refractivity contribution >= 4 is 45.9 Å². The van der Waals surface area contributed by atoms with Gasteiger partial charge in [-0.3, -0.25) is 4.99 Å². The lowest BCUT2D eigenvalue weighted by Gasteiger charge is -2.14. The summed E-state index contributed by atoms with van der Waals surface area (Å²) in [5.41, 5.74) is 0. The van der Waals surface area contributed by atoms with Crippen molar-refractivity contribution in [2.45, 2.75) is 19.9 Å². The summed E-state index contributed by atoms with van der Waals surface area (Å²) in [6.45, 7) is 5.45. The van der Waals surface area contributed by atoms with Crippen LogP contribution in [0.25, 0.3) is 0 Å². The summed E-state index contributed by atoms with van der Waals surface area (Å²) in [7, 11) is 1.76. The first-order valence-corrected chi connectivity index (χ1v) is 6.76. The van der Waals surface area contributed by atoms with Gasteiger partial charge in [0.05, 0.1) is 6.54 Å². The number of aliphatic imine (C=N–C) groups is 1. The van der Waals surface area contributed by atoms with E-state index < -0.39 is 0 Å². The molecule has 0 bridgehead atoms. The highest BCUT2D eigenvalue weighted by atomic mass is 127. The molecule has 0 unspecified atom stereocenters. The maximum absolute atomic E-state index is 5.61. The first-order valence-electron chi connectivity index (χ1n) is 5.97. The topological polar surface area (TPSA) is 45.7 Å². The van der Waals surface area contributed by atoms with Gasteiger partial charge in [0.1, 0.15) is 12.4 Å². The van der Waals surface area contributed by atoms with Gasteiger partial charge >= 0.3 is 0 Å². The largest absolute Gasteiger partial charge is 0.492 e. The normalized spacial score (nSPS) is 10.9. The average molecular weight is 442 g/mol. The van der Waals surface area contributed by atoms with Gasteiger partial charge in [0, 0.05) is 17.6 Å². The van der Waals surface area contributed by atoms with E-state index in [9.17, 15) is 0 Å². The number of ether oxygens (including phenoxy) is 1. The second kappa shape index (κ2) is 10.3. The fourth-order valence-corrected chi connectivity index (χ4v) is 1.74. The number of guanidine groups is 1. The summed E-state index contributed by atoms with van der Waals surface area (Å²) >= 11 is 3.41. The summed E-state index contributed by atoms with van der Waals surface area (Å²) in [6, 6.07) is 8.17. The first kappa shape index (κ1) is 18.5. The van der Waals surface area contributed by atoms with Crippen molar-refractivity contribution in [3.05, 3.63) is 28.7 Å². The third-order valence-electron chi connectivity index (χ3n) is 2.11. The molecule has 0 aliphatic carbocycles. The van der Waals surface area contributed by atoms with Crippen molar-refractivity contribution in [3.63, 3.8) is 0 Å². The van der Waals surface area contributed by atoms with Crippen LogP contribution in [0.3, 0.4) is 0 Å². The molecule has 108 valence electrons. The van der Waals surface area contributed by atoms with E-state index in [1.54, 1.807) is 7.05 Å². The number of halogens is 2. The van der Waals surface area contributed by atoms with Gasteiger partial charge in [-0.05, 0) is 32.0 Å². The van der Waals surface area contributed by atoms with Gasteiger partial charge in [-0.1, -0.05) is 22.0 Å². The summed E-state index contributed by atoms with van der Waals surface area (Å²) in [5.74, 6) is 1.65. The number of rotatable bonds is 5. The van der Waals surface area contributed by atoms with Gasteiger partial charge in [-0.2, -0.15) is 0 Å². The molecule has 0 heterocycles. The zero-order valence-corrected chi connectivity index (χ0v) is 15.4. The Morgan fingerprint density at radius 1 is 1.42 bits per heavy atom. The fraction of sp³-hybridized carbons (Fsp3) is 0.462. The Morgan fingerprint density at radius 2 is 2.16 bits per heavy atom. The van der Waals surface area contributed by atoms with Gasteiger partial charge in [0.2, 0.25) is 0 Å². The molecule has 0 saturated carbocycles. The number of hydrogen-bond acceptors (Lipinski definition) is 2. The van der Waals surface area contributed by atoms with Crippen molar-refractivity contribution in [1.29, 1.82) is 0 Å². The van der Waals surface area contributed by atoms with Gasteiger partial charge in [0.15, 0.2) is 5.96 Å². The van der Waals surface area contributed by atoms with E-state index in [1.165, 1.54) is 0 Å². The number of hydrogen-bond donors (Lipinski definition) is 2. The molecule has 6 heteroatoms. The molecule has 0 aliphatic rings. The summed E-state index contributed by atoms with van der Waals surface area (Å²) < 4.78 is 6.63. The van der Waals surface area contributed by atoms with Crippen molar-refractivity contribution in [1.82, 2.24) is 10.6 Å². The molecule has 0 spiro atoms. The first-order chi connectivity index (χ1) is 8.61. The van der Waals surface area contributed by atoms with E-state index in [1.807, 2.05) is 24.3 Å². The molecule has 0 radical (unpaired) electrons. The second-order valence-corrected chi connectivity index (χ2v) is 5.02. The molecule has 4 nitrogen and oxygen atoms in total. The lowest BCUT2D eigenvalue weighted by molar-refractivity contribution is 0.321. The van der Waals surface area contributed by atoms with E-state index >= 15 is 0 Å². The Labute approximate surface area is 140 Å². The van der Waals surface area contributed by atoms with Crippen LogP contribution in [0.1, 0.15) is 13.8 Å². The Bertz CT molecular complexity index is 399. The minimum atomic E-state index is 0. The van der Waals surface area contributed by atoms with Crippen LogP contribution in [-0.4, -0.2) is 32.2 Å². The van der Waals surface area contributed by atoms with Gasteiger partial charge in [-0.15, -0.1) is 24.0 Å². The smallest absolute Gasteiger partial charge is 0.191 e. The fourth-order valence-electron chi connectivity index (χ4n) is 1.36. The van der Waals surface area contributed by atoms with Crippen LogP contribution in [0.4, 0.5) is 0 Å². The minimum Gasteiger partial charge on any atom is -0.492 e. The zero-order valence-electron chi connectivity index (χ0n) is 11.4. The summed E-state index contributed by atoms with van der Waals surface area (Å²) in [6.07, 6.45) is 0. The third-order valence-corrected chi connectivity index (χ3v) is 2.60. The molecule has 1 rings (SSSR count). The van der Waals surface area contributed by atoms with Crippen LogP contribution in [0.2, 0.25) is 0 Å². The molecular weight excluding hydrogens is 421 g/mol. The predicted octanol–water partition coefficient (Wildman–Crippen LogP) is 3.02. The van der Waals surface area contributed by atoms with E-state index in [0.717, 1.165) is 16.2 Å². The Kier molecular flexibility index (Phi) is 10.0. The Balaban J connectivity index is 0.00000324. The molecule has 0 atom stereocenters. The molecular formula is C13H21BrIN3O. The molecule has 0 aromatic heterocycles. The van der Waals surface area contributed by atoms with Crippen LogP contribution >= 0.6 is 39.9 Å². The number of nitrogens with zero attached hydrogens (tertiary/aromatic N) is 1. The maximum atomic E-state index is 5.61. The van der Waals surface area contributed by atoms with E-state index in [4.69, 9.17) is 4.74 Å². The van der Waals surface area contributed by atoms with Gasteiger partial charge in [-0.25, -0.2) is 0 Å². The molecule has 19 heavy (non-hydrogen) atoms. The molecule has 0 amide bonds. The van der Waals surface area contributed by atoms with Crippen molar-refractivity contribution in [2.24, 2.45) is 4.99 Å². The van der Waals surface area contributed by atoms with Crippen LogP contribution in [0, 0.1) is 0 Å². The molecule has 1 aromatic carbocycles. The van der Waals surface area contributed by atoms with Crippen LogP contribution in [-0.2, 0) is 0 Å². The zero-order chi connectivity index (χ0) is 13.4. The Morgan fingerprint density at radius 3 is 2.74 bits per heavy atom. The lowest BCUT2D eigenvalue weighted by atomic mass is 10.3. The van der Waals surface area contributed by atoms with E-state index in [-0.39, 0.29) is 24.0 Å². The molecule has 0 fully saturated rings. The Hall–Kier alpha value is -0.500. The van der Waals surface area contributed by atoms with Gasteiger partial charge in [0.25, 0.3) is 0 Å². The predicted molar refractivity (Wildman–Crippen MR) is 94.7 cm³/mol. The standard InChI is InChI=1S/C13H20BrN3O.HI/c1-10(2)17-13(15-3)16-7-8-18-12-6-4-5-11(14)9-12;/h4-6,9-10H,7-8H2,1-3H3,(H2,15,16,17);1H. The van der Waals surface area contributed by atoms with E-state index in [2.05, 4.69) is 45.4 Å². The summed E-state index contributed by atoms with van der Waals surface area (Å²) in [5, 5.41) is 6.40. The maximum Gasteiger partial charge on any atom is 0.191 e. The highest BCUT2D eigenvalue weighted by Crippen LogP contribution is 2.17. The number of nitrogens with one attached hydrogen (secondary N) is 2. The van der Waals surface area contributed by atoms with Crippen LogP contribution in [0.15, 0.2) is 33.7 Å². The quantitative estimate of drug-likeness (QED) is 0.319. The third kappa shape index (κ3) is 8.30.